The highest BCUT2D eigenvalue weighted by Gasteiger charge is 2.10. The summed E-state index contributed by atoms with van der Waals surface area (Å²) >= 11 is 0. The molecule has 24 heavy (non-hydrogen) atoms. The molecule has 0 unspecified atom stereocenters. The van der Waals surface area contributed by atoms with Crippen molar-refractivity contribution in [2.75, 3.05) is 0 Å². The maximum atomic E-state index is 4.86. The molecule has 0 aliphatic carbocycles. The first-order valence-corrected chi connectivity index (χ1v) is 8.20. The van der Waals surface area contributed by atoms with Gasteiger partial charge in [0.05, 0.1) is 11.0 Å². The van der Waals surface area contributed by atoms with Gasteiger partial charge in [-0.2, -0.15) is 0 Å². The number of aromatic nitrogens is 2. The van der Waals surface area contributed by atoms with Crippen molar-refractivity contribution in [1.29, 1.82) is 0 Å². The Morgan fingerprint density at radius 3 is 1.29 bits per heavy atom. The topological polar surface area (TPSA) is 25.8 Å². The minimum Gasteiger partial charge on any atom is -0.252 e. The Morgan fingerprint density at radius 2 is 0.875 bits per heavy atom. The minimum atomic E-state index is 1.04. The van der Waals surface area contributed by atoms with Crippen LogP contribution < -0.4 is 0 Å². The molecule has 0 bridgehead atoms. The lowest BCUT2D eigenvalue weighted by Crippen LogP contribution is -1.92. The van der Waals surface area contributed by atoms with Gasteiger partial charge in [-0.05, 0) is 36.8 Å². The molecular weight excluding hydrogens is 292 g/mol. The molecule has 3 aromatic carbocycles. The predicted octanol–water partition coefficient (Wildman–Crippen LogP) is 5.71. The number of aryl methyl sites for hydroxylation is 2. The fourth-order valence-corrected chi connectivity index (χ4v) is 3.74. The van der Waals surface area contributed by atoms with Crippen molar-refractivity contribution >= 4 is 43.4 Å². The molecule has 0 spiro atoms. The smallest absolute Gasteiger partial charge is 0.0719 e. The maximum Gasteiger partial charge on any atom is 0.0719 e. The summed E-state index contributed by atoms with van der Waals surface area (Å²) in [5.74, 6) is 0. The van der Waals surface area contributed by atoms with Crippen LogP contribution >= 0.6 is 0 Å². The average Bonchev–Trinajstić information content (AvgIpc) is 2.62. The third-order valence-corrected chi connectivity index (χ3v) is 4.90. The summed E-state index contributed by atoms with van der Waals surface area (Å²) < 4.78 is 0. The number of benzene rings is 3. The molecule has 114 valence electrons. The highest BCUT2D eigenvalue weighted by Crippen LogP contribution is 2.32. The number of pyridine rings is 2. The standard InChI is InChI=1S/C22H16N2/c1-13-15-7-3-5-9-17(15)19-12-22-20(11-21(19)23-13)18-10-6-4-8-16(18)14(2)24-22/h3-12H,1-2H3. The van der Waals surface area contributed by atoms with E-state index in [9.17, 15) is 0 Å². The highest BCUT2D eigenvalue weighted by molar-refractivity contribution is 6.15. The van der Waals surface area contributed by atoms with Gasteiger partial charge in [0.15, 0.2) is 0 Å². The van der Waals surface area contributed by atoms with E-state index in [0.717, 1.165) is 22.4 Å². The quantitative estimate of drug-likeness (QED) is 0.270. The number of hydrogen-bond donors (Lipinski definition) is 0. The van der Waals surface area contributed by atoms with Gasteiger partial charge in [-0.25, -0.2) is 0 Å². The van der Waals surface area contributed by atoms with E-state index in [2.05, 4.69) is 74.5 Å². The van der Waals surface area contributed by atoms with Crippen LogP contribution in [0, 0.1) is 13.8 Å². The third kappa shape index (κ3) is 1.77. The minimum absolute atomic E-state index is 1.04. The predicted molar refractivity (Wildman–Crippen MR) is 102 cm³/mol. The van der Waals surface area contributed by atoms with Gasteiger partial charge in [0.25, 0.3) is 0 Å². The van der Waals surface area contributed by atoms with Crippen molar-refractivity contribution in [3.63, 3.8) is 0 Å². The Balaban J connectivity index is 2.05. The van der Waals surface area contributed by atoms with Gasteiger partial charge in [0, 0.05) is 32.9 Å². The summed E-state index contributed by atoms with van der Waals surface area (Å²) in [7, 11) is 0. The Labute approximate surface area is 139 Å². The zero-order valence-corrected chi connectivity index (χ0v) is 13.7. The molecule has 2 heteroatoms. The second-order valence-corrected chi connectivity index (χ2v) is 6.37. The summed E-state index contributed by atoms with van der Waals surface area (Å²) in [4.78, 5) is 9.71. The molecule has 0 fully saturated rings. The number of rotatable bonds is 0. The second kappa shape index (κ2) is 4.75. The largest absolute Gasteiger partial charge is 0.252 e. The van der Waals surface area contributed by atoms with Crippen LogP contribution in [0.25, 0.3) is 43.4 Å². The Hall–Kier alpha value is -3.00. The summed E-state index contributed by atoms with van der Waals surface area (Å²) in [6.07, 6.45) is 0. The van der Waals surface area contributed by atoms with Crippen molar-refractivity contribution in [1.82, 2.24) is 9.97 Å². The molecular formula is C22H16N2. The molecule has 0 aliphatic heterocycles. The van der Waals surface area contributed by atoms with Crippen LogP contribution in [0.1, 0.15) is 11.4 Å². The van der Waals surface area contributed by atoms with Crippen LogP contribution in [0.2, 0.25) is 0 Å². The fraction of sp³-hybridized carbons (Fsp3) is 0.0909. The zero-order chi connectivity index (χ0) is 16.3. The van der Waals surface area contributed by atoms with E-state index in [1.807, 2.05) is 0 Å². The van der Waals surface area contributed by atoms with E-state index >= 15 is 0 Å². The van der Waals surface area contributed by atoms with Gasteiger partial charge < -0.3 is 0 Å². The van der Waals surface area contributed by atoms with Crippen LogP contribution in [0.15, 0.2) is 60.7 Å². The van der Waals surface area contributed by atoms with Crippen molar-refractivity contribution in [2.24, 2.45) is 0 Å². The molecule has 0 amide bonds. The molecule has 0 N–H and O–H groups in total. The van der Waals surface area contributed by atoms with Crippen molar-refractivity contribution in [2.45, 2.75) is 13.8 Å². The van der Waals surface area contributed by atoms with Crippen LogP contribution in [-0.4, -0.2) is 9.97 Å². The van der Waals surface area contributed by atoms with Crippen molar-refractivity contribution in [3.05, 3.63) is 72.1 Å². The van der Waals surface area contributed by atoms with Crippen LogP contribution in [0.4, 0.5) is 0 Å². The normalized spacial score (nSPS) is 11.8. The van der Waals surface area contributed by atoms with Gasteiger partial charge in [-0.3, -0.25) is 9.97 Å². The Morgan fingerprint density at radius 1 is 0.500 bits per heavy atom. The number of fused-ring (bicyclic) bond motifs is 6. The molecule has 0 radical (unpaired) electrons. The van der Waals surface area contributed by atoms with Crippen LogP contribution in [-0.2, 0) is 0 Å². The lowest BCUT2D eigenvalue weighted by atomic mass is 9.99. The van der Waals surface area contributed by atoms with Gasteiger partial charge in [-0.15, -0.1) is 0 Å². The monoisotopic (exact) mass is 308 g/mol. The SMILES string of the molecule is Cc1nc2cc3c(cc2c2ccccc12)nc(C)c1ccccc13. The van der Waals surface area contributed by atoms with E-state index in [1.54, 1.807) is 0 Å². The maximum absolute atomic E-state index is 4.86. The molecule has 2 aromatic heterocycles. The molecule has 5 aromatic rings. The Bertz CT molecular complexity index is 1170. The fourth-order valence-electron chi connectivity index (χ4n) is 3.74. The highest BCUT2D eigenvalue weighted by atomic mass is 14.7. The number of nitrogens with zero attached hydrogens (tertiary/aromatic N) is 2. The lowest BCUT2D eigenvalue weighted by Gasteiger charge is -2.10. The average molecular weight is 308 g/mol. The van der Waals surface area contributed by atoms with Gasteiger partial charge in [0.1, 0.15) is 0 Å². The first-order chi connectivity index (χ1) is 11.7. The second-order valence-electron chi connectivity index (χ2n) is 6.37. The molecule has 2 nitrogen and oxygen atoms in total. The Kier molecular flexibility index (Phi) is 2.66. The summed E-state index contributed by atoms with van der Waals surface area (Å²) in [6.45, 7) is 4.16. The molecule has 0 saturated carbocycles. The van der Waals surface area contributed by atoms with Crippen molar-refractivity contribution < 1.29 is 0 Å². The van der Waals surface area contributed by atoms with Gasteiger partial charge >= 0.3 is 0 Å². The first-order valence-electron chi connectivity index (χ1n) is 8.20. The molecule has 0 atom stereocenters. The molecule has 5 rings (SSSR count). The third-order valence-electron chi connectivity index (χ3n) is 4.90. The summed E-state index contributed by atoms with van der Waals surface area (Å²) in [5.41, 5.74) is 4.22. The van der Waals surface area contributed by atoms with Gasteiger partial charge in [0.2, 0.25) is 0 Å². The van der Waals surface area contributed by atoms with E-state index < -0.39 is 0 Å². The van der Waals surface area contributed by atoms with Crippen molar-refractivity contribution in [3.8, 4) is 0 Å². The van der Waals surface area contributed by atoms with E-state index in [-0.39, 0.29) is 0 Å². The summed E-state index contributed by atoms with van der Waals surface area (Å²) in [5, 5.41) is 7.25. The first kappa shape index (κ1) is 13.4. The van der Waals surface area contributed by atoms with E-state index in [4.69, 9.17) is 9.97 Å². The zero-order valence-electron chi connectivity index (χ0n) is 13.7. The molecule has 0 saturated heterocycles. The van der Waals surface area contributed by atoms with Crippen LogP contribution in [0.5, 0.6) is 0 Å². The van der Waals surface area contributed by atoms with E-state index in [1.165, 1.54) is 32.3 Å². The number of hydrogen-bond acceptors (Lipinski definition) is 2. The lowest BCUT2D eigenvalue weighted by molar-refractivity contribution is 1.28. The molecule has 0 aliphatic rings. The molecule has 2 heterocycles. The van der Waals surface area contributed by atoms with Crippen LogP contribution in [0.3, 0.4) is 0 Å². The summed E-state index contributed by atoms with van der Waals surface area (Å²) in [6, 6.07) is 21.3. The van der Waals surface area contributed by atoms with E-state index in [0.29, 0.717) is 0 Å². The van der Waals surface area contributed by atoms with Gasteiger partial charge in [-0.1, -0.05) is 48.5 Å².